The van der Waals surface area contributed by atoms with Crippen LogP contribution in [0, 0.1) is 6.92 Å². The first-order chi connectivity index (χ1) is 9.36. The number of hydrogen-bond donors (Lipinski definition) is 1. The Balaban J connectivity index is 2.40. The molecule has 1 aliphatic heterocycles. The number of carbonyl (C=O) groups excluding carboxylic acids is 1. The Morgan fingerprint density at radius 1 is 1.35 bits per heavy atom. The molecule has 0 aromatic heterocycles. The third-order valence-corrected chi connectivity index (χ3v) is 4.64. The second-order valence-corrected chi connectivity index (χ2v) is 6.33. The molecule has 4 nitrogen and oxygen atoms in total. The molecule has 2 rings (SSSR count). The van der Waals surface area contributed by atoms with Gasteiger partial charge in [0.05, 0.1) is 5.56 Å². The lowest BCUT2D eigenvalue weighted by Gasteiger charge is -2.41. The van der Waals surface area contributed by atoms with Gasteiger partial charge in [-0.2, -0.15) is 0 Å². The Morgan fingerprint density at radius 3 is 2.70 bits per heavy atom. The molecule has 1 amide bonds. The third kappa shape index (κ3) is 2.59. The summed E-state index contributed by atoms with van der Waals surface area (Å²) >= 11 is 3.38. The summed E-state index contributed by atoms with van der Waals surface area (Å²) in [6, 6.07) is 5.53. The van der Waals surface area contributed by atoms with Crippen LogP contribution in [0.3, 0.4) is 0 Å². The van der Waals surface area contributed by atoms with Crippen LogP contribution in [0.4, 0.5) is 0 Å². The monoisotopic (exact) mass is 339 g/mol. The maximum atomic E-state index is 12.7. The van der Waals surface area contributed by atoms with Gasteiger partial charge in [0.25, 0.3) is 5.91 Å². The van der Waals surface area contributed by atoms with Crippen molar-refractivity contribution in [3.8, 4) is 0 Å². The quantitative estimate of drug-likeness (QED) is 0.899. The van der Waals surface area contributed by atoms with Crippen LogP contribution in [-0.4, -0.2) is 34.0 Å². The number of carboxylic acid groups (broad SMARTS) is 1. The van der Waals surface area contributed by atoms with Crippen LogP contribution in [0.15, 0.2) is 22.7 Å². The summed E-state index contributed by atoms with van der Waals surface area (Å²) in [4.78, 5) is 25.8. The van der Waals surface area contributed by atoms with E-state index in [2.05, 4.69) is 15.9 Å². The minimum absolute atomic E-state index is 0.217. The molecule has 1 aliphatic rings. The van der Waals surface area contributed by atoms with E-state index in [1.165, 1.54) is 4.90 Å². The van der Waals surface area contributed by atoms with E-state index in [1.54, 1.807) is 13.0 Å². The Labute approximate surface area is 126 Å². The van der Waals surface area contributed by atoms with Gasteiger partial charge in [-0.1, -0.05) is 11.6 Å². The number of likely N-dealkylation sites (tertiary alicyclic amines) is 1. The highest BCUT2D eigenvalue weighted by Crippen LogP contribution is 2.31. The van der Waals surface area contributed by atoms with Gasteiger partial charge in [0.15, 0.2) is 0 Å². The molecule has 0 radical (unpaired) electrons. The van der Waals surface area contributed by atoms with Gasteiger partial charge in [-0.3, -0.25) is 4.79 Å². The lowest BCUT2D eigenvalue weighted by atomic mass is 9.87. The molecule has 20 heavy (non-hydrogen) atoms. The molecule has 1 aromatic carbocycles. The number of rotatable bonds is 2. The summed E-state index contributed by atoms with van der Waals surface area (Å²) < 4.78 is 0.700. The van der Waals surface area contributed by atoms with Gasteiger partial charge in [-0.05, 0) is 61.2 Å². The molecule has 0 aliphatic carbocycles. The summed E-state index contributed by atoms with van der Waals surface area (Å²) in [6.07, 6.45) is 2.18. The van der Waals surface area contributed by atoms with Gasteiger partial charge >= 0.3 is 5.97 Å². The van der Waals surface area contributed by atoms with Crippen molar-refractivity contribution in [2.45, 2.75) is 38.6 Å². The smallest absolute Gasteiger partial charge is 0.329 e. The first-order valence-corrected chi connectivity index (χ1v) is 7.47. The second kappa shape index (κ2) is 5.56. The molecule has 0 saturated carbocycles. The third-order valence-electron chi connectivity index (χ3n) is 3.95. The summed E-state index contributed by atoms with van der Waals surface area (Å²) in [5.74, 6) is -1.15. The van der Waals surface area contributed by atoms with E-state index >= 15 is 0 Å². The lowest BCUT2D eigenvalue weighted by molar-refractivity contribution is -0.150. The van der Waals surface area contributed by atoms with Crippen molar-refractivity contribution in [1.29, 1.82) is 0 Å². The molecular weight excluding hydrogens is 322 g/mol. The maximum Gasteiger partial charge on any atom is 0.329 e. The molecule has 1 atom stereocenters. The van der Waals surface area contributed by atoms with E-state index in [1.807, 2.05) is 19.1 Å². The van der Waals surface area contributed by atoms with Crippen molar-refractivity contribution < 1.29 is 14.7 Å². The number of piperidine rings is 1. The maximum absolute atomic E-state index is 12.7. The number of hydrogen-bond acceptors (Lipinski definition) is 2. The van der Waals surface area contributed by atoms with Gasteiger partial charge in [0.1, 0.15) is 5.54 Å². The SMILES string of the molecule is Cc1ccc(Br)c(C(=O)N2CCCCC2(C)C(=O)O)c1. The zero-order chi connectivity index (χ0) is 14.9. The molecule has 0 spiro atoms. The molecule has 1 N–H and O–H groups in total. The minimum atomic E-state index is -1.11. The van der Waals surface area contributed by atoms with E-state index < -0.39 is 11.5 Å². The Hall–Kier alpha value is -1.36. The Bertz CT molecular complexity index is 558. The van der Waals surface area contributed by atoms with E-state index in [9.17, 15) is 14.7 Å². The van der Waals surface area contributed by atoms with E-state index in [4.69, 9.17) is 0 Å². The Morgan fingerprint density at radius 2 is 2.05 bits per heavy atom. The molecule has 1 aromatic rings. The Kier molecular flexibility index (Phi) is 4.18. The van der Waals surface area contributed by atoms with E-state index in [0.29, 0.717) is 23.0 Å². The summed E-state index contributed by atoms with van der Waals surface area (Å²) in [5, 5.41) is 9.48. The van der Waals surface area contributed by atoms with Crippen LogP contribution < -0.4 is 0 Å². The van der Waals surface area contributed by atoms with E-state index in [-0.39, 0.29) is 5.91 Å². The van der Waals surface area contributed by atoms with Gasteiger partial charge in [-0.25, -0.2) is 4.79 Å². The van der Waals surface area contributed by atoms with Gasteiger partial charge in [0, 0.05) is 11.0 Å². The number of benzene rings is 1. The van der Waals surface area contributed by atoms with Crippen LogP contribution in [0.5, 0.6) is 0 Å². The number of amides is 1. The number of nitrogens with zero attached hydrogens (tertiary/aromatic N) is 1. The van der Waals surface area contributed by atoms with Crippen LogP contribution in [0.1, 0.15) is 42.1 Å². The van der Waals surface area contributed by atoms with Crippen LogP contribution in [0.25, 0.3) is 0 Å². The van der Waals surface area contributed by atoms with Crippen LogP contribution in [0.2, 0.25) is 0 Å². The summed E-state index contributed by atoms with van der Waals surface area (Å²) in [7, 11) is 0. The average molecular weight is 340 g/mol. The highest BCUT2D eigenvalue weighted by Gasteiger charge is 2.44. The van der Waals surface area contributed by atoms with Crippen molar-refractivity contribution in [1.82, 2.24) is 4.90 Å². The first kappa shape index (κ1) is 15.0. The zero-order valence-corrected chi connectivity index (χ0v) is 13.2. The van der Waals surface area contributed by atoms with Crippen molar-refractivity contribution in [3.63, 3.8) is 0 Å². The van der Waals surface area contributed by atoms with Crippen LogP contribution >= 0.6 is 15.9 Å². The molecule has 5 heteroatoms. The number of aryl methyl sites for hydroxylation is 1. The fraction of sp³-hybridized carbons (Fsp3) is 0.467. The fourth-order valence-corrected chi connectivity index (χ4v) is 3.03. The van der Waals surface area contributed by atoms with Crippen molar-refractivity contribution in [3.05, 3.63) is 33.8 Å². The largest absolute Gasteiger partial charge is 0.480 e. The topological polar surface area (TPSA) is 57.6 Å². The predicted molar refractivity (Wildman–Crippen MR) is 79.8 cm³/mol. The van der Waals surface area contributed by atoms with Crippen molar-refractivity contribution in [2.75, 3.05) is 6.54 Å². The van der Waals surface area contributed by atoms with Gasteiger partial charge in [-0.15, -0.1) is 0 Å². The van der Waals surface area contributed by atoms with Crippen molar-refractivity contribution >= 4 is 27.8 Å². The molecular formula is C15H18BrNO3. The number of carbonyl (C=O) groups is 2. The molecule has 1 heterocycles. The summed E-state index contributed by atoms with van der Waals surface area (Å²) in [6.45, 7) is 4.04. The minimum Gasteiger partial charge on any atom is -0.480 e. The van der Waals surface area contributed by atoms with Crippen molar-refractivity contribution in [2.24, 2.45) is 0 Å². The highest BCUT2D eigenvalue weighted by molar-refractivity contribution is 9.10. The highest BCUT2D eigenvalue weighted by atomic mass is 79.9. The molecule has 1 unspecified atom stereocenters. The normalized spacial score (nSPS) is 22.6. The number of halogens is 1. The lowest BCUT2D eigenvalue weighted by Crippen LogP contribution is -2.57. The number of carboxylic acids is 1. The first-order valence-electron chi connectivity index (χ1n) is 6.68. The van der Waals surface area contributed by atoms with Gasteiger partial charge in [0.2, 0.25) is 0 Å². The number of aliphatic carboxylic acids is 1. The molecule has 1 fully saturated rings. The average Bonchev–Trinajstić information content (AvgIpc) is 2.41. The summed E-state index contributed by atoms with van der Waals surface area (Å²) in [5.41, 5.74) is 0.392. The molecule has 108 valence electrons. The second-order valence-electron chi connectivity index (χ2n) is 5.48. The zero-order valence-electron chi connectivity index (χ0n) is 11.6. The molecule has 1 saturated heterocycles. The fourth-order valence-electron chi connectivity index (χ4n) is 2.62. The van der Waals surface area contributed by atoms with Gasteiger partial charge < -0.3 is 10.0 Å². The standard InChI is InChI=1S/C15H18BrNO3/c1-10-5-6-12(16)11(9-10)13(18)17-8-4-3-7-15(17,2)14(19)20/h5-6,9H,3-4,7-8H2,1-2H3,(H,19,20). The van der Waals surface area contributed by atoms with Crippen LogP contribution in [-0.2, 0) is 4.79 Å². The molecule has 0 bridgehead atoms. The van der Waals surface area contributed by atoms with E-state index in [0.717, 1.165) is 18.4 Å². The predicted octanol–water partition coefficient (Wildman–Crippen LogP) is 3.23.